The summed E-state index contributed by atoms with van der Waals surface area (Å²) < 4.78 is 14.9. The third-order valence-corrected chi connectivity index (χ3v) is 6.08. The lowest BCUT2D eigenvalue weighted by atomic mass is 10.2. The number of fused-ring (bicyclic) bond motifs is 2. The van der Waals surface area contributed by atoms with Crippen LogP contribution in [0.4, 0.5) is 0 Å². The lowest BCUT2D eigenvalue weighted by Gasteiger charge is -2.19. The molecule has 0 aliphatic carbocycles. The molecule has 0 bridgehead atoms. The molecule has 0 N–H and O–H groups in total. The molecule has 1 aliphatic rings. The molecule has 1 amide bonds. The van der Waals surface area contributed by atoms with Crippen molar-refractivity contribution in [1.82, 2.24) is 23.6 Å². The number of benzene rings is 2. The van der Waals surface area contributed by atoms with Crippen molar-refractivity contribution >= 4 is 17.1 Å². The fraction of sp³-hybridized carbons (Fsp3) is 0.280. The summed E-state index contributed by atoms with van der Waals surface area (Å²) in [7, 11) is 1.63. The second kappa shape index (κ2) is 9.13. The fourth-order valence-electron chi connectivity index (χ4n) is 4.18. The maximum atomic E-state index is 13.4. The van der Waals surface area contributed by atoms with Gasteiger partial charge in [0, 0.05) is 20.1 Å². The van der Waals surface area contributed by atoms with Crippen LogP contribution in [0.25, 0.3) is 11.2 Å². The molecule has 0 spiro atoms. The first-order valence-electron chi connectivity index (χ1n) is 11.3. The number of aromatic nitrogens is 4. The molecule has 4 aromatic rings. The van der Waals surface area contributed by atoms with E-state index >= 15 is 0 Å². The van der Waals surface area contributed by atoms with E-state index in [2.05, 4.69) is 4.98 Å². The van der Waals surface area contributed by atoms with Gasteiger partial charge in [0.1, 0.15) is 6.54 Å². The summed E-state index contributed by atoms with van der Waals surface area (Å²) in [5.41, 5.74) is 1.24. The molecule has 2 aromatic heterocycles. The highest BCUT2D eigenvalue weighted by atomic mass is 16.7. The average Bonchev–Trinajstić information content (AvgIpc) is 3.51. The first-order valence-corrected chi connectivity index (χ1v) is 11.3. The van der Waals surface area contributed by atoms with Gasteiger partial charge in [-0.05, 0) is 30.2 Å². The first-order chi connectivity index (χ1) is 17.0. The number of imidazole rings is 1. The van der Waals surface area contributed by atoms with Crippen molar-refractivity contribution in [2.24, 2.45) is 0 Å². The Balaban J connectivity index is 1.47. The van der Waals surface area contributed by atoms with Gasteiger partial charge in [0.05, 0.1) is 12.9 Å². The van der Waals surface area contributed by atoms with Crippen molar-refractivity contribution in [3.05, 3.63) is 86.8 Å². The molecule has 3 heterocycles. The Morgan fingerprint density at radius 2 is 1.80 bits per heavy atom. The second-order valence-electron chi connectivity index (χ2n) is 8.39. The zero-order valence-electron chi connectivity index (χ0n) is 19.5. The molecule has 0 fully saturated rings. The Kier molecular flexibility index (Phi) is 5.86. The van der Waals surface area contributed by atoms with Crippen LogP contribution in [0.2, 0.25) is 0 Å². The number of ether oxygens (including phenoxy) is 2. The van der Waals surface area contributed by atoms with Crippen LogP contribution in [0.1, 0.15) is 18.1 Å². The topological polar surface area (TPSA) is 101 Å². The fourth-order valence-corrected chi connectivity index (χ4v) is 4.18. The molecule has 0 saturated carbocycles. The summed E-state index contributed by atoms with van der Waals surface area (Å²) in [4.78, 5) is 45.7. The quantitative estimate of drug-likeness (QED) is 0.404. The third-order valence-electron chi connectivity index (χ3n) is 6.08. The van der Waals surface area contributed by atoms with Crippen molar-refractivity contribution in [3.63, 3.8) is 0 Å². The lowest BCUT2D eigenvalue weighted by molar-refractivity contribution is -0.131. The van der Waals surface area contributed by atoms with E-state index in [1.54, 1.807) is 24.0 Å². The maximum Gasteiger partial charge on any atom is 0.333 e. The molecule has 10 heteroatoms. The number of hydrogen-bond acceptors (Lipinski definition) is 6. The van der Waals surface area contributed by atoms with Crippen LogP contribution in [-0.4, -0.2) is 43.3 Å². The molecule has 5 rings (SSSR count). The number of rotatable bonds is 7. The minimum atomic E-state index is -0.572. The normalized spacial score (nSPS) is 12.3. The molecule has 1 aliphatic heterocycles. The smallest absolute Gasteiger partial charge is 0.333 e. The first kappa shape index (κ1) is 22.5. The van der Waals surface area contributed by atoms with Crippen LogP contribution in [0.15, 0.2) is 64.4 Å². The zero-order valence-corrected chi connectivity index (χ0v) is 19.5. The molecule has 10 nitrogen and oxygen atoms in total. The van der Waals surface area contributed by atoms with Crippen molar-refractivity contribution in [3.8, 4) is 11.5 Å². The Labute approximate surface area is 200 Å². The summed E-state index contributed by atoms with van der Waals surface area (Å²) >= 11 is 0. The highest BCUT2D eigenvalue weighted by molar-refractivity contribution is 5.76. The maximum absolute atomic E-state index is 13.4. The number of nitrogens with zero attached hydrogens (tertiary/aromatic N) is 5. The van der Waals surface area contributed by atoms with E-state index in [-0.39, 0.29) is 32.3 Å². The van der Waals surface area contributed by atoms with E-state index in [9.17, 15) is 14.4 Å². The Morgan fingerprint density at radius 3 is 2.57 bits per heavy atom. The summed E-state index contributed by atoms with van der Waals surface area (Å²) in [6, 6.07) is 14.9. The van der Waals surface area contributed by atoms with E-state index in [0.717, 1.165) is 15.7 Å². The Morgan fingerprint density at radius 1 is 1.03 bits per heavy atom. The average molecular weight is 476 g/mol. The van der Waals surface area contributed by atoms with Gasteiger partial charge in [0.25, 0.3) is 5.56 Å². The highest BCUT2D eigenvalue weighted by Crippen LogP contribution is 2.32. The third kappa shape index (κ3) is 4.18. The molecule has 0 saturated heterocycles. The predicted molar refractivity (Wildman–Crippen MR) is 129 cm³/mol. The van der Waals surface area contributed by atoms with E-state index in [4.69, 9.17) is 9.47 Å². The van der Waals surface area contributed by atoms with Gasteiger partial charge in [-0.2, -0.15) is 0 Å². The van der Waals surface area contributed by atoms with Crippen molar-refractivity contribution < 1.29 is 14.3 Å². The van der Waals surface area contributed by atoms with E-state index < -0.39 is 11.2 Å². The van der Waals surface area contributed by atoms with Crippen LogP contribution in [-0.2, 0) is 31.0 Å². The molecule has 0 unspecified atom stereocenters. The van der Waals surface area contributed by atoms with Gasteiger partial charge in [-0.1, -0.05) is 36.4 Å². The van der Waals surface area contributed by atoms with Crippen LogP contribution in [0.3, 0.4) is 0 Å². The monoisotopic (exact) mass is 475 g/mol. The Hall–Kier alpha value is -4.34. The molecule has 0 atom stereocenters. The summed E-state index contributed by atoms with van der Waals surface area (Å²) in [5.74, 6) is 0.922. The predicted octanol–water partition coefficient (Wildman–Crippen LogP) is 1.82. The number of hydrogen-bond donors (Lipinski definition) is 0. The largest absolute Gasteiger partial charge is 0.454 e. The van der Waals surface area contributed by atoms with Gasteiger partial charge >= 0.3 is 5.69 Å². The zero-order chi connectivity index (χ0) is 24.5. The number of carbonyl (C=O) groups excluding carboxylic acids is 1. The van der Waals surface area contributed by atoms with Crippen LogP contribution < -0.4 is 20.7 Å². The molecule has 180 valence electrons. The minimum absolute atomic E-state index is 0.169. The van der Waals surface area contributed by atoms with Crippen LogP contribution >= 0.6 is 0 Å². The van der Waals surface area contributed by atoms with Crippen molar-refractivity contribution in [2.75, 3.05) is 13.8 Å². The summed E-state index contributed by atoms with van der Waals surface area (Å²) in [6.45, 7) is 2.71. The van der Waals surface area contributed by atoms with Crippen LogP contribution in [0.5, 0.6) is 11.5 Å². The number of amides is 1. The van der Waals surface area contributed by atoms with Gasteiger partial charge in [-0.15, -0.1) is 0 Å². The van der Waals surface area contributed by atoms with Crippen molar-refractivity contribution in [1.29, 1.82) is 0 Å². The molecule has 0 radical (unpaired) electrons. The molecule has 2 aromatic carbocycles. The standard InChI is InChI=1S/C25H25N5O5/c1-3-28-15-26-23-22(28)24(32)30(25(33)29(23)13-17-7-5-4-6-8-17)14-21(31)27(2)12-18-9-10-19-20(11-18)35-16-34-19/h4-11,15H,3,12-14,16H2,1-2H3. The molecular formula is C25H25N5O5. The second-order valence-corrected chi connectivity index (χ2v) is 8.39. The van der Waals surface area contributed by atoms with Gasteiger partial charge in [0.2, 0.25) is 12.7 Å². The molecular weight excluding hydrogens is 450 g/mol. The van der Waals surface area contributed by atoms with Gasteiger partial charge < -0.3 is 18.9 Å². The summed E-state index contributed by atoms with van der Waals surface area (Å²) in [6.07, 6.45) is 1.55. The minimum Gasteiger partial charge on any atom is -0.454 e. The van der Waals surface area contributed by atoms with Gasteiger partial charge in [-0.25, -0.2) is 14.3 Å². The number of carbonyl (C=O) groups is 1. The van der Waals surface area contributed by atoms with E-state index in [0.29, 0.717) is 29.2 Å². The van der Waals surface area contributed by atoms with E-state index in [1.165, 1.54) is 9.47 Å². The van der Waals surface area contributed by atoms with Gasteiger partial charge in [-0.3, -0.25) is 14.2 Å². The SMILES string of the molecule is CCn1cnc2c1c(=O)n(CC(=O)N(C)Cc1ccc3c(c1)OCO3)c(=O)n2Cc1ccccc1. The van der Waals surface area contributed by atoms with Crippen molar-refractivity contribution in [2.45, 2.75) is 33.1 Å². The lowest BCUT2D eigenvalue weighted by Crippen LogP contribution is -2.44. The molecule has 35 heavy (non-hydrogen) atoms. The number of aryl methyl sites for hydroxylation is 1. The highest BCUT2D eigenvalue weighted by Gasteiger charge is 2.21. The number of likely N-dealkylation sites (N-methyl/N-ethyl adjacent to an activating group) is 1. The summed E-state index contributed by atoms with van der Waals surface area (Å²) in [5, 5.41) is 0. The van der Waals surface area contributed by atoms with Crippen LogP contribution in [0, 0.1) is 0 Å². The Bertz CT molecular complexity index is 1520. The van der Waals surface area contributed by atoms with E-state index in [1.807, 2.05) is 49.4 Å². The van der Waals surface area contributed by atoms with Gasteiger partial charge in [0.15, 0.2) is 22.7 Å².